The molecule has 3 N–H and O–H groups in total. The van der Waals surface area contributed by atoms with E-state index in [2.05, 4.69) is 4.99 Å². The van der Waals surface area contributed by atoms with Gasteiger partial charge in [0.05, 0.1) is 13.2 Å². The molecule has 1 aromatic rings. The number of rotatable bonds is 4. The zero-order valence-corrected chi connectivity index (χ0v) is 12.9. The van der Waals surface area contributed by atoms with E-state index in [1.54, 1.807) is 0 Å². The van der Waals surface area contributed by atoms with Gasteiger partial charge in [0.2, 0.25) is 0 Å². The number of hydrogen-bond donors (Lipinski definition) is 2. The highest BCUT2D eigenvalue weighted by atomic mass is 127. The largest absolute Gasteiger partial charge is 0.392 e. The Labute approximate surface area is 125 Å². The fraction of sp³-hybridized carbons (Fsp3) is 0.462. The van der Waals surface area contributed by atoms with Gasteiger partial charge in [0.15, 0.2) is 5.96 Å². The van der Waals surface area contributed by atoms with Gasteiger partial charge in [0.25, 0.3) is 0 Å². The van der Waals surface area contributed by atoms with E-state index in [9.17, 15) is 5.11 Å². The van der Waals surface area contributed by atoms with Crippen LogP contribution in [0.25, 0.3) is 0 Å². The number of aliphatic hydroxyl groups excluding tert-OH is 1. The monoisotopic (exact) mass is 361 g/mol. The van der Waals surface area contributed by atoms with Crippen LogP contribution in [0.2, 0.25) is 0 Å². The van der Waals surface area contributed by atoms with Gasteiger partial charge in [-0.1, -0.05) is 24.3 Å². The van der Waals surface area contributed by atoms with Crippen LogP contribution in [0.3, 0.4) is 0 Å². The van der Waals surface area contributed by atoms with Crippen LogP contribution in [-0.2, 0) is 13.2 Å². The van der Waals surface area contributed by atoms with Gasteiger partial charge in [-0.05, 0) is 24.0 Å². The van der Waals surface area contributed by atoms with Crippen molar-refractivity contribution in [1.29, 1.82) is 0 Å². The van der Waals surface area contributed by atoms with Crippen LogP contribution in [0.4, 0.5) is 0 Å². The third kappa shape index (κ3) is 3.84. The van der Waals surface area contributed by atoms with Crippen molar-refractivity contribution in [2.45, 2.75) is 32.0 Å². The minimum Gasteiger partial charge on any atom is -0.392 e. The second kappa shape index (κ2) is 6.94. The van der Waals surface area contributed by atoms with E-state index in [0.29, 0.717) is 18.5 Å². The maximum atomic E-state index is 9.20. The quantitative estimate of drug-likeness (QED) is 0.488. The lowest BCUT2D eigenvalue weighted by Gasteiger charge is -2.17. The van der Waals surface area contributed by atoms with Gasteiger partial charge in [-0.2, -0.15) is 0 Å². The summed E-state index contributed by atoms with van der Waals surface area (Å²) < 4.78 is 0. The molecule has 0 saturated heterocycles. The van der Waals surface area contributed by atoms with Crippen LogP contribution in [0.1, 0.15) is 24.0 Å². The third-order valence-corrected chi connectivity index (χ3v) is 3.16. The van der Waals surface area contributed by atoms with Crippen molar-refractivity contribution in [3.8, 4) is 0 Å². The molecule has 0 unspecified atom stereocenters. The van der Waals surface area contributed by atoms with Crippen LogP contribution in [0.15, 0.2) is 29.3 Å². The van der Waals surface area contributed by atoms with Gasteiger partial charge in [-0.25, -0.2) is 4.99 Å². The SMILES string of the molecule is CN(C(N)=NCc1ccccc1CO)C1CC1.I. The number of benzene rings is 1. The van der Waals surface area contributed by atoms with Crippen molar-refractivity contribution in [2.24, 2.45) is 10.7 Å². The molecule has 1 aromatic carbocycles. The summed E-state index contributed by atoms with van der Waals surface area (Å²) in [4.78, 5) is 6.40. The summed E-state index contributed by atoms with van der Waals surface area (Å²) in [5.74, 6) is 0.584. The predicted octanol–water partition coefficient (Wildman–Crippen LogP) is 1.71. The predicted molar refractivity (Wildman–Crippen MR) is 83.9 cm³/mol. The number of halogens is 1. The highest BCUT2D eigenvalue weighted by Crippen LogP contribution is 2.25. The number of hydrogen-bond acceptors (Lipinski definition) is 2. The molecule has 1 aliphatic carbocycles. The van der Waals surface area contributed by atoms with Crippen molar-refractivity contribution in [2.75, 3.05) is 7.05 Å². The van der Waals surface area contributed by atoms with Crippen molar-refractivity contribution >= 4 is 29.9 Å². The van der Waals surface area contributed by atoms with Crippen LogP contribution < -0.4 is 5.73 Å². The second-order valence-corrected chi connectivity index (χ2v) is 4.44. The standard InChI is InChI=1S/C13H19N3O.HI/c1-16(12-6-7-12)13(14)15-8-10-4-2-3-5-11(10)9-17;/h2-5,12,17H,6-9H2,1H3,(H2,14,15);1H. The Hall–Kier alpha value is -0.820. The molecule has 4 nitrogen and oxygen atoms in total. The number of nitrogens with two attached hydrogens (primary N) is 1. The van der Waals surface area contributed by atoms with E-state index in [-0.39, 0.29) is 30.6 Å². The first-order valence-electron chi connectivity index (χ1n) is 5.92. The molecular formula is C13H20IN3O. The lowest BCUT2D eigenvalue weighted by molar-refractivity contribution is 0.280. The summed E-state index contributed by atoms with van der Waals surface area (Å²) in [5.41, 5.74) is 7.86. The smallest absolute Gasteiger partial charge is 0.191 e. The number of guanidine groups is 1. The Bertz CT molecular complexity index is 418. The average molecular weight is 361 g/mol. The molecule has 0 radical (unpaired) electrons. The highest BCUT2D eigenvalue weighted by Gasteiger charge is 2.27. The first kappa shape index (κ1) is 15.2. The minimum absolute atomic E-state index is 0. The topological polar surface area (TPSA) is 61.8 Å². The number of aliphatic imine (C=N–C) groups is 1. The fourth-order valence-corrected chi connectivity index (χ4v) is 1.79. The molecule has 1 fully saturated rings. The summed E-state index contributed by atoms with van der Waals surface area (Å²) in [6.45, 7) is 0.573. The van der Waals surface area contributed by atoms with E-state index in [1.165, 1.54) is 12.8 Å². The van der Waals surface area contributed by atoms with Gasteiger partial charge in [-0.15, -0.1) is 24.0 Å². The lowest BCUT2D eigenvalue weighted by atomic mass is 10.1. The van der Waals surface area contributed by atoms with Crippen molar-refractivity contribution in [1.82, 2.24) is 4.90 Å². The third-order valence-electron chi connectivity index (χ3n) is 3.16. The lowest BCUT2D eigenvalue weighted by Crippen LogP contribution is -2.35. The first-order valence-corrected chi connectivity index (χ1v) is 5.92. The van der Waals surface area contributed by atoms with Crippen LogP contribution in [0, 0.1) is 0 Å². The second-order valence-electron chi connectivity index (χ2n) is 4.44. The Morgan fingerprint density at radius 3 is 2.56 bits per heavy atom. The van der Waals surface area contributed by atoms with E-state index in [4.69, 9.17) is 5.73 Å². The molecule has 0 amide bonds. The Kier molecular flexibility index (Phi) is 5.87. The molecule has 0 aromatic heterocycles. The molecule has 0 bridgehead atoms. The molecule has 0 spiro atoms. The number of nitrogens with zero attached hydrogens (tertiary/aromatic N) is 2. The minimum atomic E-state index is 0. The molecule has 0 aliphatic heterocycles. The molecule has 1 aliphatic rings. The zero-order valence-electron chi connectivity index (χ0n) is 10.5. The van der Waals surface area contributed by atoms with E-state index in [0.717, 1.165) is 11.1 Å². The van der Waals surface area contributed by atoms with E-state index < -0.39 is 0 Å². The van der Waals surface area contributed by atoms with Crippen molar-refractivity contribution < 1.29 is 5.11 Å². The molecule has 18 heavy (non-hydrogen) atoms. The summed E-state index contributed by atoms with van der Waals surface area (Å²) >= 11 is 0. The molecule has 5 heteroatoms. The molecule has 100 valence electrons. The molecule has 2 rings (SSSR count). The number of aliphatic hydroxyl groups is 1. The molecule has 0 heterocycles. The zero-order chi connectivity index (χ0) is 12.3. The maximum absolute atomic E-state index is 9.20. The van der Waals surface area contributed by atoms with Gasteiger partial charge >= 0.3 is 0 Å². The van der Waals surface area contributed by atoms with Gasteiger partial charge < -0.3 is 15.7 Å². The van der Waals surface area contributed by atoms with Crippen molar-refractivity contribution in [3.05, 3.63) is 35.4 Å². The van der Waals surface area contributed by atoms with Crippen LogP contribution in [-0.4, -0.2) is 29.1 Å². The fourth-order valence-electron chi connectivity index (χ4n) is 1.79. The van der Waals surface area contributed by atoms with Gasteiger partial charge in [-0.3, -0.25) is 0 Å². The Morgan fingerprint density at radius 1 is 1.39 bits per heavy atom. The molecule has 1 saturated carbocycles. The van der Waals surface area contributed by atoms with E-state index >= 15 is 0 Å². The summed E-state index contributed by atoms with van der Waals surface area (Å²) in [5, 5.41) is 9.20. The van der Waals surface area contributed by atoms with Crippen molar-refractivity contribution in [3.63, 3.8) is 0 Å². The molecular weight excluding hydrogens is 341 g/mol. The van der Waals surface area contributed by atoms with Gasteiger partial charge in [0.1, 0.15) is 0 Å². The summed E-state index contributed by atoms with van der Waals surface area (Å²) in [6, 6.07) is 8.32. The van der Waals surface area contributed by atoms with Crippen LogP contribution in [0.5, 0.6) is 0 Å². The maximum Gasteiger partial charge on any atom is 0.191 e. The average Bonchev–Trinajstić information content (AvgIpc) is 3.19. The Balaban J connectivity index is 0.00000162. The normalized spacial score (nSPS) is 15.1. The summed E-state index contributed by atoms with van der Waals surface area (Å²) in [6.07, 6.45) is 2.42. The Morgan fingerprint density at radius 2 is 2.00 bits per heavy atom. The van der Waals surface area contributed by atoms with E-state index in [1.807, 2.05) is 36.2 Å². The molecule has 0 atom stereocenters. The summed E-state index contributed by atoms with van der Waals surface area (Å²) in [7, 11) is 1.98. The highest BCUT2D eigenvalue weighted by molar-refractivity contribution is 14.0. The van der Waals surface area contributed by atoms with Crippen LogP contribution >= 0.6 is 24.0 Å². The first-order chi connectivity index (χ1) is 8.22. The van der Waals surface area contributed by atoms with Gasteiger partial charge in [0, 0.05) is 13.1 Å².